The summed E-state index contributed by atoms with van der Waals surface area (Å²) in [6.45, 7) is 5.11. The predicted octanol–water partition coefficient (Wildman–Crippen LogP) is 3.08. The molecule has 0 radical (unpaired) electrons. The van der Waals surface area contributed by atoms with Crippen molar-refractivity contribution in [1.29, 1.82) is 0 Å². The molecule has 4 heteroatoms. The van der Waals surface area contributed by atoms with Crippen molar-refractivity contribution in [1.82, 2.24) is 0 Å². The Labute approximate surface area is 113 Å². The van der Waals surface area contributed by atoms with E-state index in [1.54, 1.807) is 19.9 Å². The molecule has 0 aliphatic carbocycles. The topological polar surface area (TPSA) is 40.5 Å². The van der Waals surface area contributed by atoms with E-state index in [1.807, 2.05) is 6.07 Å². The van der Waals surface area contributed by atoms with E-state index < -0.39 is 11.4 Å². The van der Waals surface area contributed by atoms with Gasteiger partial charge in [-0.1, -0.05) is 6.07 Å². The summed E-state index contributed by atoms with van der Waals surface area (Å²) >= 11 is 0. The van der Waals surface area contributed by atoms with Crippen LogP contribution in [0.5, 0.6) is 0 Å². The van der Waals surface area contributed by atoms with Crippen LogP contribution in [0.4, 0.5) is 10.1 Å². The third-order valence-electron chi connectivity index (χ3n) is 3.74. The summed E-state index contributed by atoms with van der Waals surface area (Å²) in [4.78, 5) is 13.4. The van der Waals surface area contributed by atoms with Crippen LogP contribution in [0.3, 0.4) is 0 Å². The first-order valence-electron chi connectivity index (χ1n) is 6.67. The van der Waals surface area contributed by atoms with Crippen LogP contribution in [0.25, 0.3) is 0 Å². The summed E-state index contributed by atoms with van der Waals surface area (Å²) in [6, 6.07) is 4.99. The highest BCUT2D eigenvalue weighted by Crippen LogP contribution is 2.32. The van der Waals surface area contributed by atoms with E-state index in [1.165, 1.54) is 6.07 Å². The van der Waals surface area contributed by atoms with Gasteiger partial charge in [-0.05, 0) is 45.2 Å². The highest BCUT2D eigenvalue weighted by Gasteiger charge is 2.30. The maximum absolute atomic E-state index is 14.1. The number of anilines is 1. The summed E-state index contributed by atoms with van der Waals surface area (Å²) in [5.74, 6) is -1.21. The van der Waals surface area contributed by atoms with Crippen molar-refractivity contribution in [2.75, 3.05) is 18.0 Å². The van der Waals surface area contributed by atoms with E-state index in [9.17, 15) is 14.3 Å². The molecular formula is C15H20FNO2. The Bertz CT molecular complexity index is 479. The molecule has 1 aliphatic heterocycles. The molecule has 1 aliphatic rings. The van der Waals surface area contributed by atoms with E-state index in [0.29, 0.717) is 5.56 Å². The fraction of sp³-hybridized carbons (Fsp3) is 0.533. The van der Waals surface area contributed by atoms with Crippen molar-refractivity contribution in [3.8, 4) is 0 Å². The van der Waals surface area contributed by atoms with Crippen molar-refractivity contribution in [2.45, 2.75) is 33.1 Å². The molecule has 1 aromatic rings. The zero-order valence-electron chi connectivity index (χ0n) is 11.4. The summed E-state index contributed by atoms with van der Waals surface area (Å²) in [7, 11) is 0. The Kier molecular flexibility index (Phi) is 3.78. The first-order chi connectivity index (χ1) is 8.92. The molecule has 3 nitrogen and oxygen atoms in total. The smallest absolute Gasteiger partial charge is 0.309 e. The van der Waals surface area contributed by atoms with Crippen molar-refractivity contribution >= 4 is 11.7 Å². The molecule has 1 aromatic carbocycles. The number of carbonyl (C=O) groups is 1. The third-order valence-corrected chi connectivity index (χ3v) is 3.74. The van der Waals surface area contributed by atoms with Gasteiger partial charge in [0.1, 0.15) is 5.82 Å². The number of rotatable bonds is 4. The van der Waals surface area contributed by atoms with E-state index in [4.69, 9.17) is 0 Å². The molecule has 1 N–H and O–H groups in total. The standard InChI is InChI=1S/C15H20FNO2/c1-15(2,14(18)19)10-11-12(16)6-5-7-13(11)17-8-3-4-9-17/h5-7H,3-4,8-10H2,1-2H3,(H,18,19). The molecule has 19 heavy (non-hydrogen) atoms. The molecule has 1 saturated heterocycles. The van der Waals surface area contributed by atoms with Crippen LogP contribution in [0.1, 0.15) is 32.3 Å². The van der Waals surface area contributed by atoms with Gasteiger partial charge in [-0.2, -0.15) is 0 Å². The minimum atomic E-state index is -0.962. The number of hydrogen-bond acceptors (Lipinski definition) is 2. The monoisotopic (exact) mass is 265 g/mol. The first kappa shape index (κ1) is 13.8. The Morgan fingerprint density at radius 2 is 2.00 bits per heavy atom. The molecule has 2 rings (SSSR count). The highest BCUT2D eigenvalue weighted by molar-refractivity contribution is 5.74. The van der Waals surface area contributed by atoms with E-state index in [2.05, 4.69) is 4.90 Å². The van der Waals surface area contributed by atoms with Gasteiger partial charge in [0.15, 0.2) is 0 Å². The van der Waals surface area contributed by atoms with Crippen molar-refractivity contribution in [3.05, 3.63) is 29.6 Å². The molecule has 0 aromatic heterocycles. The number of carboxylic acids is 1. The second-order valence-electron chi connectivity index (χ2n) is 5.80. The summed E-state index contributed by atoms with van der Waals surface area (Å²) in [5.41, 5.74) is 0.417. The molecule has 0 saturated carbocycles. The largest absolute Gasteiger partial charge is 0.481 e. The van der Waals surface area contributed by atoms with E-state index in [-0.39, 0.29) is 12.2 Å². The lowest BCUT2D eigenvalue weighted by molar-refractivity contribution is -0.146. The average molecular weight is 265 g/mol. The second kappa shape index (κ2) is 5.19. The predicted molar refractivity (Wildman–Crippen MR) is 73.0 cm³/mol. The molecule has 0 unspecified atom stereocenters. The summed E-state index contributed by atoms with van der Waals surface area (Å²) in [5, 5.41) is 9.21. The minimum absolute atomic E-state index is 0.209. The normalized spacial score (nSPS) is 15.8. The van der Waals surface area contributed by atoms with Crippen molar-refractivity contribution < 1.29 is 14.3 Å². The lowest BCUT2D eigenvalue weighted by atomic mass is 9.85. The van der Waals surface area contributed by atoms with E-state index >= 15 is 0 Å². The Morgan fingerprint density at radius 1 is 1.37 bits per heavy atom. The Balaban J connectivity index is 2.35. The van der Waals surface area contributed by atoms with Gasteiger partial charge in [0.25, 0.3) is 0 Å². The molecule has 0 atom stereocenters. The second-order valence-corrected chi connectivity index (χ2v) is 5.80. The fourth-order valence-electron chi connectivity index (χ4n) is 2.49. The molecule has 1 fully saturated rings. The highest BCUT2D eigenvalue weighted by atomic mass is 19.1. The molecule has 0 amide bonds. The van der Waals surface area contributed by atoms with Gasteiger partial charge in [0.05, 0.1) is 5.41 Å². The van der Waals surface area contributed by atoms with Crippen LogP contribution in [0, 0.1) is 11.2 Å². The summed E-state index contributed by atoms with van der Waals surface area (Å²) < 4.78 is 14.1. The molecule has 0 spiro atoms. The molecule has 0 bridgehead atoms. The van der Waals surface area contributed by atoms with Crippen LogP contribution >= 0.6 is 0 Å². The van der Waals surface area contributed by atoms with Gasteiger partial charge in [0.2, 0.25) is 0 Å². The molecule has 1 heterocycles. The maximum atomic E-state index is 14.1. The number of aliphatic carboxylic acids is 1. The number of halogens is 1. The zero-order valence-corrected chi connectivity index (χ0v) is 11.4. The fourth-order valence-corrected chi connectivity index (χ4v) is 2.49. The molecular weight excluding hydrogens is 245 g/mol. The van der Waals surface area contributed by atoms with Gasteiger partial charge in [-0.3, -0.25) is 4.79 Å². The quantitative estimate of drug-likeness (QED) is 0.909. The number of benzene rings is 1. The Hall–Kier alpha value is -1.58. The molecule has 104 valence electrons. The Morgan fingerprint density at radius 3 is 2.58 bits per heavy atom. The SMILES string of the molecule is CC(C)(Cc1c(F)cccc1N1CCCC1)C(=O)O. The number of nitrogens with zero attached hydrogens (tertiary/aromatic N) is 1. The lowest BCUT2D eigenvalue weighted by Crippen LogP contribution is -2.28. The lowest BCUT2D eigenvalue weighted by Gasteiger charge is -2.26. The average Bonchev–Trinajstić information content (AvgIpc) is 2.85. The summed E-state index contributed by atoms with van der Waals surface area (Å²) in [6.07, 6.45) is 2.43. The van der Waals surface area contributed by atoms with Gasteiger partial charge in [-0.25, -0.2) is 4.39 Å². The zero-order chi connectivity index (χ0) is 14.0. The van der Waals surface area contributed by atoms with Crippen LogP contribution in [-0.2, 0) is 11.2 Å². The van der Waals surface area contributed by atoms with Crippen LogP contribution in [0.2, 0.25) is 0 Å². The van der Waals surface area contributed by atoms with Crippen molar-refractivity contribution in [3.63, 3.8) is 0 Å². The van der Waals surface area contributed by atoms with Crippen LogP contribution in [-0.4, -0.2) is 24.2 Å². The first-order valence-corrected chi connectivity index (χ1v) is 6.67. The third kappa shape index (κ3) is 2.88. The minimum Gasteiger partial charge on any atom is -0.481 e. The number of hydrogen-bond donors (Lipinski definition) is 1. The van der Waals surface area contributed by atoms with Gasteiger partial charge in [-0.15, -0.1) is 0 Å². The van der Waals surface area contributed by atoms with Gasteiger partial charge < -0.3 is 10.0 Å². The number of carboxylic acid groups (broad SMARTS) is 1. The maximum Gasteiger partial charge on any atom is 0.309 e. The van der Waals surface area contributed by atoms with Crippen LogP contribution < -0.4 is 4.90 Å². The van der Waals surface area contributed by atoms with Crippen LogP contribution in [0.15, 0.2) is 18.2 Å². The van der Waals surface area contributed by atoms with Gasteiger partial charge >= 0.3 is 5.97 Å². The van der Waals surface area contributed by atoms with Gasteiger partial charge in [0, 0.05) is 24.3 Å². The van der Waals surface area contributed by atoms with E-state index in [0.717, 1.165) is 31.6 Å². The van der Waals surface area contributed by atoms with Crippen molar-refractivity contribution in [2.24, 2.45) is 5.41 Å².